The quantitative estimate of drug-likeness (QED) is 0.666. The third kappa shape index (κ3) is 6.06. The SMILES string of the molecule is CO[Si](CC=[Si](C)O[Si](C)(C)C)(OC)OC. The van der Waals surface area contributed by atoms with Crippen LogP contribution in [0.25, 0.3) is 0 Å². The molecule has 0 amide bonds. The molecule has 0 bridgehead atoms. The molecule has 0 unspecified atom stereocenters. The van der Waals surface area contributed by atoms with Gasteiger partial charge in [0, 0.05) is 27.4 Å². The largest absolute Gasteiger partial charge is 0.605 e. The molecular formula is C9H24O4Si3. The van der Waals surface area contributed by atoms with E-state index >= 15 is 0 Å². The number of hydrogen-bond donors (Lipinski definition) is 0. The molecule has 0 N–H and O–H groups in total. The van der Waals surface area contributed by atoms with E-state index in [9.17, 15) is 0 Å². The van der Waals surface area contributed by atoms with Crippen LogP contribution in [0.2, 0.25) is 32.2 Å². The van der Waals surface area contributed by atoms with Crippen LogP contribution in [0.3, 0.4) is 0 Å². The summed E-state index contributed by atoms with van der Waals surface area (Å²) in [7, 11) is 0.132. The van der Waals surface area contributed by atoms with Gasteiger partial charge in [0.2, 0.25) is 17.0 Å². The minimum absolute atomic E-state index is 0.714. The van der Waals surface area contributed by atoms with E-state index in [1.54, 1.807) is 21.3 Å². The average molecular weight is 281 g/mol. The maximum Gasteiger partial charge on any atom is 0.503 e. The summed E-state index contributed by atoms with van der Waals surface area (Å²) in [5.41, 5.74) is 2.17. The van der Waals surface area contributed by atoms with Crippen molar-refractivity contribution in [3.05, 3.63) is 0 Å². The topological polar surface area (TPSA) is 36.9 Å². The zero-order valence-electron chi connectivity index (χ0n) is 11.4. The van der Waals surface area contributed by atoms with Crippen molar-refractivity contribution in [2.75, 3.05) is 21.3 Å². The van der Waals surface area contributed by atoms with E-state index in [-0.39, 0.29) is 0 Å². The molecule has 0 aromatic carbocycles. The van der Waals surface area contributed by atoms with Crippen LogP contribution in [-0.4, -0.2) is 52.8 Å². The Bertz CT molecular complexity index is 225. The van der Waals surface area contributed by atoms with E-state index in [1.165, 1.54) is 0 Å². The molecule has 0 aliphatic heterocycles. The lowest BCUT2D eigenvalue weighted by Gasteiger charge is -2.24. The summed E-state index contributed by atoms with van der Waals surface area (Å²) >= 11 is 0. The molecule has 0 aliphatic carbocycles. The minimum Gasteiger partial charge on any atom is -0.605 e. The predicted octanol–water partition coefficient (Wildman–Crippen LogP) is 1.72. The Labute approximate surface area is 103 Å². The lowest BCUT2D eigenvalue weighted by atomic mass is 11.0. The Morgan fingerprint density at radius 2 is 1.44 bits per heavy atom. The van der Waals surface area contributed by atoms with Crippen molar-refractivity contribution in [1.82, 2.24) is 0 Å². The second-order valence-corrected chi connectivity index (χ2v) is 14.2. The van der Waals surface area contributed by atoms with Crippen LogP contribution in [0, 0.1) is 0 Å². The summed E-state index contributed by atoms with van der Waals surface area (Å²) in [6.07, 6.45) is 0. The Hall–Kier alpha value is 0.201. The van der Waals surface area contributed by atoms with E-state index < -0.39 is 25.8 Å². The van der Waals surface area contributed by atoms with E-state index in [0.29, 0.717) is 6.04 Å². The highest BCUT2D eigenvalue weighted by Gasteiger charge is 2.36. The first-order valence-corrected chi connectivity index (χ1v) is 12.6. The molecule has 0 spiro atoms. The Kier molecular flexibility index (Phi) is 6.91. The molecule has 96 valence electrons. The van der Waals surface area contributed by atoms with Gasteiger partial charge in [0.15, 0.2) is 0 Å². The van der Waals surface area contributed by atoms with Crippen molar-refractivity contribution in [2.24, 2.45) is 0 Å². The lowest BCUT2D eigenvalue weighted by Crippen LogP contribution is -2.44. The minimum atomic E-state index is -2.45. The van der Waals surface area contributed by atoms with Gasteiger partial charge in [-0.2, -0.15) is 0 Å². The maximum absolute atomic E-state index is 6.01. The Balaban J connectivity index is 4.44. The highest BCUT2D eigenvalue weighted by molar-refractivity contribution is 6.80. The van der Waals surface area contributed by atoms with Gasteiger partial charge in [0.25, 0.3) is 0 Å². The van der Waals surface area contributed by atoms with Crippen molar-refractivity contribution < 1.29 is 17.4 Å². The second-order valence-electron chi connectivity index (χ2n) is 4.53. The lowest BCUT2D eigenvalue weighted by molar-refractivity contribution is 0.129. The summed E-state index contributed by atoms with van der Waals surface area (Å²) in [5.74, 6) is 0. The molecule has 0 aromatic heterocycles. The first-order valence-electron chi connectivity index (χ1n) is 5.30. The predicted molar refractivity (Wildman–Crippen MR) is 73.7 cm³/mol. The molecule has 0 saturated carbocycles. The zero-order chi connectivity index (χ0) is 12.8. The summed E-state index contributed by atoms with van der Waals surface area (Å²) in [5, 5.41) is 0. The molecule has 0 aromatic rings. The van der Waals surface area contributed by atoms with Gasteiger partial charge in [-0.1, -0.05) is 5.67 Å². The molecule has 0 aliphatic rings. The van der Waals surface area contributed by atoms with Gasteiger partial charge in [0.1, 0.15) is 0 Å². The van der Waals surface area contributed by atoms with Gasteiger partial charge in [-0.15, -0.1) is 0 Å². The first kappa shape index (κ1) is 16.2. The standard InChI is InChI=1S/C9H24O4Si3/c1-10-16(11-2,12-3)9-8-14(4)13-15(5,6)7/h8H,9H2,1-7H3. The van der Waals surface area contributed by atoms with Crippen LogP contribution in [0.1, 0.15) is 0 Å². The fourth-order valence-corrected chi connectivity index (χ4v) is 8.64. The second kappa shape index (κ2) is 6.82. The van der Waals surface area contributed by atoms with Gasteiger partial charge in [0.05, 0.1) is 0 Å². The van der Waals surface area contributed by atoms with E-state index in [1.807, 2.05) is 0 Å². The molecule has 7 heteroatoms. The average Bonchev–Trinajstić information content (AvgIpc) is 2.18. The molecular weight excluding hydrogens is 256 g/mol. The molecule has 0 radical (unpaired) electrons. The zero-order valence-corrected chi connectivity index (χ0v) is 14.4. The summed E-state index contributed by atoms with van der Waals surface area (Å²) in [4.78, 5) is 0. The van der Waals surface area contributed by atoms with Crippen LogP contribution < -0.4 is 0 Å². The molecule has 4 nitrogen and oxygen atoms in total. The third-order valence-corrected chi connectivity index (χ3v) is 9.53. The smallest absolute Gasteiger partial charge is 0.503 e. The fraction of sp³-hybridized carbons (Fsp3) is 0.889. The van der Waals surface area contributed by atoms with Gasteiger partial charge in [-0.25, -0.2) is 0 Å². The van der Waals surface area contributed by atoms with E-state index in [0.717, 1.165) is 0 Å². The van der Waals surface area contributed by atoms with Crippen LogP contribution in [0.5, 0.6) is 0 Å². The van der Waals surface area contributed by atoms with Crippen molar-refractivity contribution in [3.63, 3.8) is 0 Å². The number of rotatable bonds is 7. The molecule has 0 heterocycles. The van der Waals surface area contributed by atoms with Crippen molar-refractivity contribution in [3.8, 4) is 0 Å². The first-order chi connectivity index (χ1) is 7.28. The highest BCUT2D eigenvalue weighted by atomic mass is 28.4. The van der Waals surface area contributed by atoms with Crippen LogP contribution in [0.4, 0.5) is 0 Å². The molecule has 16 heavy (non-hydrogen) atoms. The molecule has 0 fully saturated rings. The third-order valence-electron chi connectivity index (χ3n) is 2.04. The van der Waals surface area contributed by atoms with Crippen LogP contribution >= 0.6 is 0 Å². The van der Waals surface area contributed by atoms with Crippen molar-refractivity contribution in [1.29, 1.82) is 0 Å². The monoisotopic (exact) mass is 280 g/mol. The molecule has 0 saturated heterocycles. The molecule has 0 rings (SSSR count). The summed E-state index contributed by atoms with van der Waals surface area (Å²) in [6.45, 7) is 8.73. The Morgan fingerprint density at radius 3 is 1.75 bits per heavy atom. The highest BCUT2D eigenvalue weighted by Crippen LogP contribution is 2.11. The van der Waals surface area contributed by atoms with Crippen molar-refractivity contribution in [2.45, 2.75) is 32.2 Å². The van der Waals surface area contributed by atoms with Crippen LogP contribution in [0.15, 0.2) is 0 Å². The van der Waals surface area contributed by atoms with E-state index in [4.69, 9.17) is 17.4 Å². The maximum atomic E-state index is 6.01. The van der Waals surface area contributed by atoms with Gasteiger partial charge >= 0.3 is 8.80 Å². The van der Waals surface area contributed by atoms with Gasteiger partial charge in [-0.05, 0) is 26.2 Å². The summed E-state index contributed by atoms with van der Waals surface area (Å²) in [6, 6.07) is 0.714. The van der Waals surface area contributed by atoms with Crippen LogP contribution in [-0.2, 0) is 17.4 Å². The van der Waals surface area contributed by atoms with Crippen molar-refractivity contribution >= 4 is 31.4 Å². The number of hydrogen-bond acceptors (Lipinski definition) is 4. The molecule has 0 atom stereocenters. The van der Waals surface area contributed by atoms with Gasteiger partial charge in [-0.3, -0.25) is 0 Å². The Morgan fingerprint density at radius 1 is 1.00 bits per heavy atom. The summed E-state index contributed by atoms with van der Waals surface area (Å²) < 4.78 is 22.1. The normalized spacial score (nSPS) is 14.1. The van der Waals surface area contributed by atoms with E-state index in [2.05, 4.69) is 31.9 Å². The van der Waals surface area contributed by atoms with Gasteiger partial charge < -0.3 is 17.4 Å². The fourth-order valence-electron chi connectivity index (χ4n) is 1.29.